The Morgan fingerprint density at radius 2 is 2.36 bits per heavy atom. The van der Waals surface area contributed by atoms with Gasteiger partial charge in [-0.15, -0.1) is 0 Å². The number of hydrogen-bond donors (Lipinski definition) is 2. The van der Waals surface area contributed by atoms with Crippen molar-refractivity contribution in [2.24, 2.45) is 5.92 Å². The minimum Gasteiger partial charge on any atom is -0.459 e. The lowest BCUT2D eigenvalue weighted by Gasteiger charge is -2.18. The van der Waals surface area contributed by atoms with Gasteiger partial charge in [-0.1, -0.05) is 0 Å². The van der Waals surface area contributed by atoms with E-state index < -0.39 is 12.2 Å². The maximum absolute atomic E-state index is 10.9. The first-order valence-electron chi connectivity index (χ1n) is 4.72. The molecule has 2 rings (SSSR count). The van der Waals surface area contributed by atoms with E-state index in [1.165, 1.54) is 6.92 Å². The van der Waals surface area contributed by atoms with Crippen molar-refractivity contribution in [2.75, 3.05) is 0 Å². The summed E-state index contributed by atoms with van der Waals surface area (Å²) in [6, 6.07) is -0.268. The van der Waals surface area contributed by atoms with E-state index in [1.807, 2.05) is 0 Å². The highest BCUT2D eigenvalue weighted by molar-refractivity contribution is 5.74. The number of esters is 1. The molecular weight excluding hydrogens is 186 g/mol. The van der Waals surface area contributed by atoms with Crippen molar-refractivity contribution in [3.63, 3.8) is 0 Å². The van der Waals surface area contributed by atoms with Crippen LogP contribution in [0.2, 0.25) is 0 Å². The van der Waals surface area contributed by atoms with Crippen molar-refractivity contribution >= 4 is 11.9 Å². The number of aliphatic hydroxyl groups excluding tert-OH is 1. The van der Waals surface area contributed by atoms with Crippen LogP contribution in [0.1, 0.15) is 19.8 Å². The number of nitrogens with one attached hydrogen (secondary N) is 1. The first-order valence-corrected chi connectivity index (χ1v) is 4.72. The van der Waals surface area contributed by atoms with Gasteiger partial charge in [0.25, 0.3) is 0 Å². The van der Waals surface area contributed by atoms with Crippen LogP contribution in [0.25, 0.3) is 0 Å². The lowest BCUT2D eigenvalue weighted by molar-refractivity contribution is -0.145. The molecule has 1 aliphatic heterocycles. The fraction of sp³-hybridized carbons (Fsp3) is 0.778. The van der Waals surface area contributed by atoms with Gasteiger partial charge in [0.15, 0.2) is 0 Å². The number of fused-ring (bicyclic) bond motifs is 1. The second-order valence-corrected chi connectivity index (χ2v) is 3.95. The molecule has 5 heteroatoms. The van der Waals surface area contributed by atoms with Gasteiger partial charge in [-0.25, -0.2) is 0 Å². The van der Waals surface area contributed by atoms with Crippen molar-refractivity contribution < 1.29 is 19.4 Å². The fourth-order valence-electron chi connectivity index (χ4n) is 2.29. The molecule has 0 bridgehead atoms. The molecule has 2 aliphatic rings. The van der Waals surface area contributed by atoms with Gasteiger partial charge in [0.05, 0.1) is 12.5 Å². The Labute approximate surface area is 81.4 Å². The van der Waals surface area contributed by atoms with Crippen LogP contribution >= 0.6 is 0 Å². The van der Waals surface area contributed by atoms with E-state index in [0.717, 1.165) is 0 Å². The van der Waals surface area contributed by atoms with Crippen molar-refractivity contribution in [3.05, 3.63) is 0 Å². The van der Waals surface area contributed by atoms with E-state index in [-0.39, 0.29) is 23.8 Å². The van der Waals surface area contributed by atoms with Gasteiger partial charge in [-0.05, 0) is 6.42 Å². The normalized spacial score (nSPS) is 40.6. The van der Waals surface area contributed by atoms with Crippen LogP contribution in [-0.2, 0) is 14.3 Å². The second kappa shape index (κ2) is 3.24. The summed E-state index contributed by atoms with van der Waals surface area (Å²) in [5.41, 5.74) is 0. The molecule has 78 valence electrons. The summed E-state index contributed by atoms with van der Waals surface area (Å²) in [5.74, 6) is -0.352. The minimum absolute atomic E-state index is 0.0642. The zero-order chi connectivity index (χ0) is 10.3. The highest BCUT2D eigenvalue weighted by atomic mass is 16.6. The van der Waals surface area contributed by atoms with E-state index in [0.29, 0.717) is 12.8 Å². The highest BCUT2D eigenvalue weighted by Crippen LogP contribution is 2.36. The van der Waals surface area contributed by atoms with Crippen LogP contribution < -0.4 is 5.32 Å². The zero-order valence-corrected chi connectivity index (χ0v) is 7.90. The van der Waals surface area contributed by atoms with Crippen LogP contribution in [0.3, 0.4) is 0 Å². The topological polar surface area (TPSA) is 75.6 Å². The maximum atomic E-state index is 10.9. The number of carbonyl (C=O) groups excluding carboxylic acids is 2. The monoisotopic (exact) mass is 199 g/mol. The SMILES string of the molecule is CC(=O)N[C@H]1C[C@H]2CC(=O)O[C@H]2[C@@H]1O. The van der Waals surface area contributed by atoms with Crippen LogP contribution in [-0.4, -0.2) is 35.2 Å². The van der Waals surface area contributed by atoms with E-state index in [2.05, 4.69) is 5.32 Å². The van der Waals surface area contributed by atoms with Gasteiger partial charge in [0.1, 0.15) is 12.2 Å². The largest absolute Gasteiger partial charge is 0.459 e. The van der Waals surface area contributed by atoms with Gasteiger partial charge in [-0.2, -0.15) is 0 Å². The number of rotatable bonds is 1. The summed E-state index contributed by atoms with van der Waals surface area (Å²) in [6.07, 6.45) is -0.190. The fourth-order valence-corrected chi connectivity index (χ4v) is 2.29. The Morgan fingerprint density at radius 1 is 1.64 bits per heavy atom. The number of hydrogen-bond acceptors (Lipinski definition) is 4. The summed E-state index contributed by atoms with van der Waals surface area (Å²) < 4.78 is 4.97. The standard InChI is InChI=1S/C9H13NO4/c1-4(11)10-6-2-5-3-7(12)14-9(5)8(6)13/h5-6,8-9,13H,2-3H2,1H3,(H,10,11)/t5-,6-,8+,9+/m0/s1. The minimum atomic E-state index is -0.754. The van der Waals surface area contributed by atoms with Crippen LogP contribution in [0.5, 0.6) is 0 Å². The third-order valence-electron chi connectivity index (χ3n) is 2.86. The van der Waals surface area contributed by atoms with Crippen LogP contribution in [0.15, 0.2) is 0 Å². The molecule has 0 spiro atoms. The summed E-state index contributed by atoms with van der Waals surface area (Å²) >= 11 is 0. The molecule has 0 aromatic heterocycles. The first-order chi connectivity index (χ1) is 6.58. The number of carbonyl (C=O) groups is 2. The number of amides is 1. The molecule has 1 saturated heterocycles. The van der Waals surface area contributed by atoms with E-state index >= 15 is 0 Å². The molecule has 0 radical (unpaired) electrons. The Bertz CT molecular complexity index is 278. The average molecular weight is 199 g/mol. The lowest BCUT2D eigenvalue weighted by Crippen LogP contribution is -2.42. The molecule has 1 saturated carbocycles. The summed E-state index contributed by atoms with van der Waals surface area (Å²) in [4.78, 5) is 21.7. The van der Waals surface area contributed by atoms with Gasteiger partial charge in [0, 0.05) is 12.8 Å². The predicted molar refractivity (Wildman–Crippen MR) is 46.2 cm³/mol. The molecule has 5 nitrogen and oxygen atoms in total. The molecule has 1 amide bonds. The molecule has 2 N–H and O–H groups in total. The lowest BCUT2D eigenvalue weighted by atomic mass is 10.0. The third kappa shape index (κ3) is 1.48. The van der Waals surface area contributed by atoms with E-state index in [4.69, 9.17) is 4.74 Å². The molecule has 0 unspecified atom stereocenters. The second-order valence-electron chi connectivity index (χ2n) is 3.95. The molecule has 0 aromatic carbocycles. The molecule has 1 aliphatic carbocycles. The molecule has 4 atom stereocenters. The summed E-state index contributed by atoms with van der Waals surface area (Å²) in [6.45, 7) is 1.41. The Hall–Kier alpha value is -1.10. The summed E-state index contributed by atoms with van der Waals surface area (Å²) in [7, 11) is 0. The van der Waals surface area contributed by atoms with Crippen LogP contribution in [0, 0.1) is 5.92 Å². The Kier molecular flexibility index (Phi) is 2.19. The molecular formula is C9H13NO4. The summed E-state index contributed by atoms with van der Waals surface area (Å²) in [5, 5.41) is 12.4. The quantitative estimate of drug-likeness (QED) is 0.541. The van der Waals surface area contributed by atoms with Crippen molar-refractivity contribution in [3.8, 4) is 0 Å². The predicted octanol–water partition coefficient (Wildman–Crippen LogP) is -0.813. The number of aliphatic hydroxyl groups is 1. The zero-order valence-electron chi connectivity index (χ0n) is 7.90. The van der Waals surface area contributed by atoms with Gasteiger partial charge in [-0.3, -0.25) is 9.59 Å². The number of ether oxygens (including phenoxy) is 1. The van der Waals surface area contributed by atoms with E-state index in [1.54, 1.807) is 0 Å². The van der Waals surface area contributed by atoms with Gasteiger partial charge >= 0.3 is 5.97 Å². The van der Waals surface area contributed by atoms with Crippen LogP contribution in [0.4, 0.5) is 0 Å². The Morgan fingerprint density at radius 3 is 2.93 bits per heavy atom. The average Bonchev–Trinajstić information content (AvgIpc) is 2.53. The van der Waals surface area contributed by atoms with Gasteiger partial charge < -0.3 is 15.2 Å². The third-order valence-corrected chi connectivity index (χ3v) is 2.86. The van der Waals surface area contributed by atoms with Crippen molar-refractivity contribution in [1.82, 2.24) is 5.32 Å². The molecule has 0 aromatic rings. The maximum Gasteiger partial charge on any atom is 0.306 e. The smallest absolute Gasteiger partial charge is 0.306 e. The Balaban J connectivity index is 2.01. The van der Waals surface area contributed by atoms with E-state index in [9.17, 15) is 14.7 Å². The molecule has 2 fully saturated rings. The molecule has 14 heavy (non-hydrogen) atoms. The highest BCUT2D eigenvalue weighted by Gasteiger charge is 2.49. The molecule has 1 heterocycles. The van der Waals surface area contributed by atoms with Crippen molar-refractivity contribution in [1.29, 1.82) is 0 Å². The van der Waals surface area contributed by atoms with Gasteiger partial charge in [0.2, 0.25) is 5.91 Å². The first kappa shape index (κ1) is 9.45. The van der Waals surface area contributed by atoms with Crippen molar-refractivity contribution in [2.45, 2.75) is 38.0 Å².